The van der Waals surface area contributed by atoms with E-state index in [1.54, 1.807) is 0 Å². The molecule has 0 aliphatic heterocycles. The summed E-state index contributed by atoms with van der Waals surface area (Å²) in [5.74, 6) is 0.881. The molecule has 1 aliphatic carbocycles. The van der Waals surface area contributed by atoms with Gasteiger partial charge in [0.1, 0.15) is 0 Å². The second-order valence-corrected chi connectivity index (χ2v) is 5.17. The first kappa shape index (κ1) is 11.0. The highest BCUT2D eigenvalue weighted by Crippen LogP contribution is 2.44. The molecule has 1 fully saturated rings. The third-order valence-electron chi connectivity index (χ3n) is 3.45. The van der Waals surface area contributed by atoms with Crippen molar-refractivity contribution in [3.8, 4) is 0 Å². The van der Waals surface area contributed by atoms with Crippen LogP contribution in [0.2, 0.25) is 0 Å². The molecule has 0 aromatic rings. The molecule has 0 heterocycles. The van der Waals surface area contributed by atoms with Gasteiger partial charge in [-0.25, -0.2) is 0 Å². The molecule has 1 N–H and O–H groups in total. The smallest absolute Gasteiger partial charge is 0.000480 e. The highest BCUT2D eigenvalue weighted by Gasteiger charge is 2.35. The van der Waals surface area contributed by atoms with Crippen molar-refractivity contribution >= 4 is 0 Å². The highest BCUT2D eigenvalue weighted by molar-refractivity contribution is 4.88. The van der Waals surface area contributed by atoms with Crippen molar-refractivity contribution in [3.63, 3.8) is 0 Å². The largest absolute Gasteiger partial charge is 0.319 e. The molecule has 1 aliphatic rings. The second-order valence-electron chi connectivity index (χ2n) is 5.17. The minimum absolute atomic E-state index is 0.698. The molecule has 13 heavy (non-hydrogen) atoms. The minimum atomic E-state index is 0.698. The summed E-state index contributed by atoms with van der Waals surface area (Å²) in [6.07, 6.45) is 8.68. The van der Waals surface area contributed by atoms with Crippen molar-refractivity contribution in [2.75, 3.05) is 13.6 Å². The van der Waals surface area contributed by atoms with Gasteiger partial charge >= 0.3 is 0 Å². The summed E-state index contributed by atoms with van der Waals surface area (Å²) < 4.78 is 0. The van der Waals surface area contributed by atoms with Crippen LogP contribution in [0.5, 0.6) is 0 Å². The van der Waals surface area contributed by atoms with E-state index in [0.717, 1.165) is 5.92 Å². The summed E-state index contributed by atoms with van der Waals surface area (Å²) in [4.78, 5) is 0. The lowest BCUT2D eigenvalue weighted by atomic mass is 9.65. The summed E-state index contributed by atoms with van der Waals surface area (Å²) in [6.45, 7) is 5.89. The monoisotopic (exact) mass is 183 g/mol. The molecule has 0 amide bonds. The molecule has 0 atom stereocenters. The lowest BCUT2D eigenvalue weighted by Crippen LogP contribution is -2.38. The van der Waals surface area contributed by atoms with Crippen LogP contribution in [0.3, 0.4) is 0 Å². The second kappa shape index (κ2) is 4.99. The first-order valence-corrected chi connectivity index (χ1v) is 5.83. The van der Waals surface area contributed by atoms with Crippen LogP contribution in [0.1, 0.15) is 52.4 Å². The summed E-state index contributed by atoms with van der Waals surface area (Å²) in [5, 5.41) is 3.35. The third kappa shape index (κ3) is 3.30. The van der Waals surface area contributed by atoms with Gasteiger partial charge in [-0.1, -0.05) is 33.1 Å². The zero-order valence-corrected chi connectivity index (χ0v) is 9.53. The molecule has 0 aromatic carbocycles. The Morgan fingerprint density at radius 1 is 1.31 bits per heavy atom. The SMILES string of the molecule is CNCC1(CCCC(C)C)CCC1. The third-order valence-corrected chi connectivity index (χ3v) is 3.45. The maximum Gasteiger partial charge on any atom is 0.000480 e. The van der Waals surface area contributed by atoms with Crippen LogP contribution in [0.4, 0.5) is 0 Å². The molecule has 0 saturated heterocycles. The normalized spacial score (nSPS) is 20.3. The summed E-state index contributed by atoms with van der Waals surface area (Å²) >= 11 is 0. The zero-order chi connectivity index (χ0) is 9.73. The molecule has 0 radical (unpaired) electrons. The minimum Gasteiger partial charge on any atom is -0.319 e. The van der Waals surface area contributed by atoms with Crippen molar-refractivity contribution in [2.24, 2.45) is 11.3 Å². The lowest BCUT2D eigenvalue weighted by molar-refractivity contribution is 0.114. The van der Waals surface area contributed by atoms with E-state index in [2.05, 4.69) is 26.2 Å². The standard InChI is InChI=1S/C12H25N/c1-11(2)6-4-7-12(10-13-3)8-5-9-12/h11,13H,4-10H2,1-3H3. The summed E-state index contributed by atoms with van der Waals surface area (Å²) in [7, 11) is 2.09. The number of hydrogen-bond donors (Lipinski definition) is 1. The fraction of sp³-hybridized carbons (Fsp3) is 1.00. The van der Waals surface area contributed by atoms with Gasteiger partial charge < -0.3 is 5.32 Å². The van der Waals surface area contributed by atoms with Crippen molar-refractivity contribution in [3.05, 3.63) is 0 Å². The van der Waals surface area contributed by atoms with E-state index in [-0.39, 0.29) is 0 Å². The molecule has 1 rings (SSSR count). The van der Waals surface area contributed by atoms with Gasteiger partial charge in [-0.3, -0.25) is 0 Å². The first-order chi connectivity index (χ1) is 6.18. The molecule has 1 nitrogen and oxygen atoms in total. The van der Waals surface area contributed by atoms with Gasteiger partial charge in [-0.2, -0.15) is 0 Å². The van der Waals surface area contributed by atoms with E-state index >= 15 is 0 Å². The molecule has 1 saturated carbocycles. The Morgan fingerprint density at radius 2 is 2.00 bits per heavy atom. The van der Waals surface area contributed by atoms with Crippen LogP contribution in [0.15, 0.2) is 0 Å². The van der Waals surface area contributed by atoms with Gasteiger partial charge in [0.15, 0.2) is 0 Å². The first-order valence-electron chi connectivity index (χ1n) is 5.83. The highest BCUT2D eigenvalue weighted by atomic mass is 14.8. The van der Waals surface area contributed by atoms with Crippen LogP contribution < -0.4 is 5.32 Å². The van der Waals surface area contributed by atoms with Gasteiger partial charge in [0, 0.05) is 6.54 Å². The predicted octanol–water partition coefficient (Wildman–Crippen LogP) is 3.20. The van der Waals surface area contributed by atoms with Gasteiger partial charge in [0.05, 0.1) is 0 Å². The Labute approximate surface area is 83.3 Å². The number of hydrogen-bond acceptors (Lipinski definition) is 1. The Balaban J connectivity index is 2.16. The number of nitrogens with one attached hydrogen (secondary N) is 1. The molecule has 1 heteroatoms. The Hall–Kier alpha value is -0.0400. The van der Waals surface area contributed by atoms with E-state index in [9.17, 15) is 0 Å². The van der Waals surface area contributed by atoms with E-state index in [4.69, 9.17) is 0 Å². The van der Waals surface area contributed by atoms with E-state index in [1.165, 1.54) is 45.1 Å². The molecule has 78 valence electrons. The summed E-state index contributed by atoms with van der Waals surface area (Å²) in [6, 6.07) is 0. The van der Waals surface area contributed by atoms with Crippen LogP contribution >= 0.6 is 0 Å². The number of rotatable bonds is 6. The molecule has 0 spiro atoms. The van der Waals surface area contributed by atoms with Crippen LogP contribution in [-0.2, 0) is 0 Å². The molecule has 0 unspecified atom stereocenters. The Kier molecular flexibility index (Phi) is 4.24. The summed E-state index contributed by atoms with van der Waals surface area (Å²) in [5.41, 5.74) is 0.698. The fourth-order valence-corrected chi connectivity index (χ4v) is 2.45. The van der Waals surface area contributed by atoms with Crippen LogP contribution in [-0.4, -0.2) is 13.6 Å². The molecular formula is C12H25N. The van der Waals surface area contributed by atoms with Crippen molar-refractivity contribution in [1.82, 2.24) is 5.32 Å². The molecular weight excluding hydrogens is 158 g/mol. The maximum atomic E-state index is 3.35. The van der Waals surface area contributed by atoms with Gasteiger partial charge in [-0.15, -0.1) is 0 Å². The van der Waals surface area contributed by atoms with Crippen LogP contribution in [0, 0.1) is 11.3 Å². The quantitative estimate of drug-likeness (QED) is 0.667. The average molecular weight is 183 g/mol. The van der Waals surface area contributed by atoms with Crippen molar-refractivity contribution in [2.45, 2.75) is 52.4 Å². The van der Waals surface area contributed by atoms with Gasteiger partial charge in [0.25, 0.3) is 0 Å². The fourth-order valence-electron chi connectivity index (χ4n) is 2.45. The van der Waals surface area contributed by atoms with Crippen molar-refractivity contribution in [1.29, 1.82) is 0 Å². The van der Waals surface area contributed by atoms with Gasteiger partial charge in [0.2, 0.25) is 0 Å². The molecule has 0 bridgehead atoms. The van der Waals surface area contributed by atoms with E-state index < -0.39 is 0 Å². The molecule has 0 aromatic heterocycles. The Bertz CT molecular complexity index is 136. The van der Waals surface area contributed by atoms with Crippen molar-refractivity contribution < 1.29 is 0 Å². The Morgan fingerprint density at radius 3 is 2.38 bits per heavy atom. The zero-order valence-electron chi connectivity index (χ0n) is 9.53. The van der Waals surface area contributed by atoms with E-state index in [0.29, 0.717) is 5.41 Å². The topological polar surface area (TPSA) is 12.0 Å². The lowest BCUT2D eigenvalue weighted by Gasteiger charge is -2.42. The van der Waals surface area contributed by atoms with Gasteiger partial charge in [-0.05, 0) is 37.6 Å². The maximum absolute atomic E-state index is 3.35. The predicted molar refractivity (Wildman–Crippen MR) is 58.9 cm³/mol. The van der Waals surface area contributed by atoms with E-state index in [1.807, 2.05) is 0 Å². The van der Waals surface area contributed by atoms with Crippen LogP contribution in [0.25, 0.3) is 0 Å². The average Bonchev–Trinajstić information content (AvgIpc) is 1.99.